The summed E-state index contributed by atoms with van der Waals surface area (Å²) in [6, 6.07) is 11.6. The van der Waals surface area contributed by atoms with Gasteiger partial charge in [-0.25, -0.2) is 0 Å². The van der Waals surface area contributed by atoms with Crippen LogP contribution in [-0.2, 0) is 0 Å². The number of benzene rings is 2. The lowest BCUT2D eigenvalue weighted by molar-refractivity contribution is 0.190. The number of aryl methyl sites for hydroxylation is 2. The summed E-state index contributed by atoms with van der Waals surface area (Å²) >= 11 is 0. The van der Waals surface area contributed by atoms with Gasteiger partial charge in [0, 0.05) is 0 Å². The molecule has 0 saturated heterocycles. The molecule has 3 heteroatoms. The van der Waals surface area contributed by atoms with Crippen LogP contribution in [0.2, 0.25) is 0 Å². The Balaban J connectivity index is 2.45. The van der Waals surface area contributed by atoms with Gasteiger partial charge in [0.1, 0.15) is 17.2 Å². The lowest BCUT2D eigenvalue weighted by Crippen LogP contribution is -2.00. The summed E-state index contributed by atoms with van der Waals surface area (Å²) in [5.41, 5.74) is 2.85. The van der Waals surface area contributed by atoms with Gasteiger partial charge in [0.05, 0.1) is 18.8 Å². The summed E-state index contributed by atoms with van der Waals surface area (Å²) in [5, 5.41) is 9.96. The Labute approximate surface area is 119 Å². The van der Waals surface area contributed by atoms with Crippen molar-refractivity contribution in [3.8, 4) is 17.2 Å². The van der Waals surface area contributed by atoms with Gasteiger partial charge in [0.15, 0.2) is 0 Å². The molecule has 0 spiro atoms. The number of hydrogen-bond donors (Lipinski definition) is 1. The second-order valence-electron chi connectivity index (χ2n) is 4.92. The molecule has 0 radical (unpaired) electrons. The van der Waals surface area contributed by atoms with Crippen molar-refractivity contribution < 1.29 is 14.6 Å². The van der Waals surface area contributed by atoms with Gasteiger partial charge in [-0.15, -0.1) is 0 Å². The second-order valence-corrected chi connectivity index (χ2v) is 4.92. The Morgan fingerprint density at radius 2 is 1.70 bits per heavy atom. The predicted octanol–water partition coefficient (Wildman–Crippen LogP) is 4.16. The molecule has 0 unspecified atom stereocenters. The number of rotatable bonds is 4. The van der Waals surface area contributed by atoms with E-state index in [1.807, 2.05) is 50.2 Å². The molecule has 3 nitrogen and oxygen atoms in total. The van der Waals surface area contributed by atoms with Crippen molar-refractivity contribution in [2.24, 2.45) is 0 Å². The van der Waals surface area contributed by atoms with Gasteiger partial charge in [-0.3, -0.25) is 0 Å². The molecule has 1 atom stereocenters. The summed E-state index contributed by atoms with van der Waals surface area (Å²) in [7, 11) is 1.59. The van der Waals surface area contributed by atoms with Gasteiger partial charge in [0.25, 0.3) is 0 Å². The summed E-state index contributed by atoms with van der Waals surface area (Å²) in [4.78, 5) is 0. The summed E-state index contributed by atoms with van der Waals surface area (Å²) in [5.74, 6) is 2.04. The van der Waals surface area contributed by atoms with E-state index in [2.05, 4.69) is 0 Å². The Kier molecular flexibility index (Phi) is 4.30. The Hall–Kier alpha value is -2.00. The summed E-state index contributed by atoms with van der Waals surface area (Å²) in [6.45, 7) is 5.72. The topological polar surface area (TPSA) is 38.7 Å². The average molecular weight is 272 g/mol. The van der Waals surface area contributed by atoms with E-state index in [1.54, 1.807) is 14.0 Å². The van der Waals surface area contributed by atoms with E-state index >= 15 is 0 Å². The molecule has 0 bridgehead atoms. The molecular formula is C17H20O3. The minimum Gasteiger partial charge on any atom is -0.496 e. The molecule has 0 fully saturated rings. The van der Waals surface area contributed by atoms with Gasteiger partial charge in [-0.2, -0.15) is 0 Å². The van der Waals surface area contributed by atoms with E-state index in [9.17, 15) is 5.11 Å². The molecule has 0 amide bonds. The molecule has 2 rings (SSSR count). The van der Waals surface area contributed by atoms with Crippen molar-refractivity contribution in [3.05, 3.63) is 53.1 Å². The first-order valence-electron chi connectivity index (χ1n) is 6.63. The van der Waals surface area contributed by atoms with Crippen LogP contribution in [0.1, 0.15) is 29.7 Å². The number of ether oxygens (including phenoxy) is 2. The van der Waals surface area contributed by atoms with Crippen LogP contribution in [-0.4, -0.2) is 12.2 Å². The molecule has 106 valence electrons. The van der Waals surface area contributed by atoms with E-state index < -0.39 is 6.10 Å². The third-order valence-electron chi connectivity index (χ3n) is 3.23. The fourth-order valence-electron chi connectivity index (χ4n) is 2.14. The van der Waals surface area contributed by atoms with E-state index in [0.29, 0.717) is 17.1 Å². The highest BCUT2D eigenvalue weighted by molar-refractivity contribution is 5.49. The molecule has 20 heavy (non-hydrogen) atoms. The SMILES string of the molecule is COc1cccc(Oc2cc(C)ccc2C)c1[C@@H](C)O. The zero-order valence-electron chi connectivity index (χ0n) is 12.3. The summed E-state index contributed by atoms with van der Waals surface area (Å²) in [6.07, 6.45) is -0.661. The minimum absolute atomic E-state index is 0.619. The fraction of sp³-hybridized carbons (Fsp3) is 0.294. The van der Waals surface area contributed by atoms with Crippen LogP contribution >= 0.6 is 0 Å². The lowest BCUT2D eigenvalue weighted by atomic mass is 10.1. The molecule has 0 aliphatic rings. The minimum atomic E-state index is -0.661. The van der Waals surface area contributed by atoms with Crippen LogP contribution in [0.4, 0.5) is 0 Å². The van der Waals surface area contributed by atoms with Crippen molar-refractivity contribution in [1.82, 2.24) is 0 Å². The molecule has 2 aromatic carbocycles. The van der Waals surface area contributed by atoms with E-state index in [4.69, 9.17) is 9.47 Å². The van der Waals surface area contributed by atoms with Gasteiger partial charge in [-0.05, 0) is 50.1 Å². The van der Waals surface area contributed by atoms with Crippen molar-refractivity contribution in [3.63, 3.8) is 0 Å². The monoisotopic (exact) mass is 272 g/mol. The van der Waals surface area contributed by atoms with Crippen molar-refractivity contribution in [2.45, 2.75) is 26.9 Å². The third-order valence-corrected chi connectivity index (χ3v) is 3.23. The smallest absolute Gasteiger partial charge is 0.136 e. The highest BCUT2D eigenvalue weighted by Gasteiger charge is 2.16. The highest BCUT2D eigenvalue weighted by atomic mass is 16.5. The standard InChI is InChI=1S/C17H20O3/c1-11-8-9-12(2)16(10-11)20-15-7-5-6-14(19-4)17(15)13(3)18/h5-10,13,18H,1-4H3/t13-/m1/s1. The zero-order chi connectivity index (χ0) is 14.7. The van der Waals surface area contributed by atoms with Gasteiger partial charge < -0.3 is 14.6 Å². The Morgan fingerprint density at radius 1 is 1.00 bits per heavy atom. The maximum Gasteiger partial charge on any atom is 0.136 e. The zero-order valence-corrected chi connectivity index (χ0v) is 12.3. The van der Waals surface area contributed by atoms with E-state index in [-0.39, 0.29) is 0 Å². The molecule has 1 N–H and O–H groups in total. The van der Waals surface area contributed by atoms with Crippen LogP contribution in [0.15, 0.2) is 36.4 Å². The normalized spacial score (nSPS) is 12.1. The maximum absolute atomic E-state index is 9.96. The number of methoxy groups -OCH3 is 1. The largest absolute Gasteiger partial charge is 0.496 e. The lowest BCUT2D eigenvalue weighted by Gasteiger charge is -2.17. The first-order valence-corrected chi connectivity index (χ1v) is 6.63. The number of hydrogen-bond acceptors (Lipinski definition) is 3. The Morgan fingerprint density at radius 3 is 2.35 bits per heavy atom. The molecule has 0 aliphatic carbocycles. The first kappa shape index (κ1) is 14.4. The van der Waals surface area contributed by atoms with Crippen molar-refractivity contribution in [1.29, 1.82) is 0 Å². The van der Waals surface area contributed by atoms with E-state index in [0.717, 1.165) is 16.9 Å². The summed E-state index contributed by atoms with van der Waals surface area (Å²) < 4.78 is 11.3. The Bertz CT molecular complexity index is 603. The fourth-order valence-corrected chi connectivity index (χ4v) is 2.14. The molecule has 0 heterocycles. The van der Waals surface area contributed by atoms with Gasteiger partial charge in [-0.1, -0.05) is 18.2 Å². The highest BCUT2D eigenvalue weighted by Crippen LogP contribution is 2.37. The van der Waals surface area contributed by atoms with Gasteiger partial charge in [0.2, 0.25) is 0 Å². The number of aliphatic hydroxyl groups is 1. The predicted molar refractivity (Wildman–Crippen MR) is 79.6 cm³/mol. The molecule has 0 aliphatic heterocycles. The van der Waals surface area contributed by atoms with Crippen LogP contribution in [0.5, 0.6) is 17.2 Å². The van der Waals surface area contributed by atoms with Crippen molar-refractivity contribution >= 4 is 0 Å². The van der Waals surface area contributed by atoms with Crippen molar-refractivity contribution in [2.75, 3.05) is 7.11 Å². The van der Waals surface area contributed by atoms with Crippen LogP contribution in [0, 0.1) is 13.8 Å². The van der Waals surface area contributed by atoms with Crippen LogP contribution in [0.3, 0.4) is 0 Å². The molecule has 0 aromatic heterocycles. The van der Waals surface area contributed by atoms with Gasteiger partial charge >= 0.3 is 0 Å². The molecule has 0 saturated carbocycles. The maximum atomic E-state index is 9.96. The average Bonchev–Trinajstić information content (AvgIpc) is 2.42. The second kappa shape index (κ2) is 5.97. The number of aliphatic hydroxyl groups excluding tert-OH is 1. The quantitative estimate of drug-likeness (QED) is 0.908. The van der Waals surface area contributed by atoms with E-state index in [1.165, 1.54) is 0 Å². The third kappa shape index (κ3) is 2.94. The molecule has 2 aromatic rings. The van der Waals surface area contributed by atoms with Crippen LogP contribution < -0.4 is 9.47 Å². The first-order chi connectivity index (χ1) is 9.52. The molecular weight excluding hydrogens is 252 g/mol. The van der Waals surface area contributed by atoms with Crippen LogP contribution in [0.25, 0.3) is 0 Å².